The molecule has 8 nitrogen and oxygen atoms in total. The Hall–Kier alpha value is -3.27. The molecule has 0 bridgehead atoms. The van der Waals surface area contributed by atoms with Crippen LogP contribution in [0.5, 0.6) is 0 Å². The average molecular weight is 394 g/mol. The van der Waals surface area contributed by atoms with E-state index in [9.17, 15) is 27.2 Å². The maximum Gasteiger partial charge on any atom is 0.338 e. The number of sulfone groups is 1. The first-order valence-corrected chi connectivity index (χ1v) is 9.38. The van der Waals surface area contributed by atoms with Crippen molar-refractivity contribution >= 4 is 33.4 Å². The highest BCUT2D eigenvalue weighted by Gasteiger charge is 2.15. The summed E-state index contributed by atoms with van der Waals surface area (Å²) in [5.41, 5.74) is -0.195. The highest BCUT2D eigenvalue weighted by atomic mass is 32.2. The first-order chi connectivity index (χ1) is 12.7. The third kappa shape index (κ3) is 5.89. The van der Waals surface area contributed by atoms with E-state index in [1.165, 1.54) is 36.4 Å². The number of halogens is 1. The Labute approximate surface area is 154 Å². The van der Waals surface area contributed by atoms with E-state index in [2.05, 4.69) is 5.32 Å². The summed E-state index contributed by atoms with van der Waals surface area (Å²) >= 11 is 0. The van der Waals surface area contributed by atoms with Crippen molar-refractivity contribution < 1.29 is 31.9 Å². The van der Waals surface area contributed by atoms with Gasteiger partial charge in [0.2, 0.25) is 0 Å². The topological polar surface area (TPSA) is 119 Å². The third-order valence-electron chi connectivity index (χ3n) is 3.21. The van der Waals surface area contributed by atoms with Crippen molar-refractivity contribution in [3.05, 3.63) is 59.9 Å². The number of esters is 1. The van der Waals surface area contributed by atoms with Crippen LogP contribution in [-0.2, 0) is 19.4 Å². The number of urea groups is 1. The van der Waals surface area contributed by atoms with E-state index in [4.69, 9.17) is 4.74 Å². The summed E-state index contributed by atoms with van der Waals surface area (Å²) in [4.78, 5) is 35.1. The van der Waals surface area contributed by atoms with E-state index >= 15 is 0 Å². The smallest absolute Gasteiger partial charge is 0.338 e. The number of nitrogens with one attached hydrogen (secondary N) is 2. The Balaban J connectivity index is 1.89. The first-order valence-electron chi connectivity index (χ1n) is 7.49. The van der Waals surface area contributed by atoms with Crippen molar-refractivity contribution in [3.8, 4) is 0 Å². The molecule has 0 saturated carbocycles. The molecular formula is C17H15FN2O6S. The Morgan fingerprint density at radius 3 is 2.44 bits per heavy atom. The fourth-order valence-electron chi connectivity index (χ4n) is 1.95. The standard InChI is InChI=1S/C17H15FN2O6S/c1-27(24,25)12-6-4-5-11(9-12)16(22)26-10-15(21)20-17(23)19-14-8-3-2-7-13(14)18/h2-9H,10H2,1H3,(H2,19,20,21,23). The third-order valence-corrected chi connectivity index (χ3v) is 4.32. The van der Waals surface area contributed by atoms with Crippen LogP contribution in [0.4, 0.5) is 14.9 Å². The second kappa shape index (κ2) is 8.41. The molecule has 0 atom stereocenters. The summed E-state index contributed by atoms with van der Waals surface area (Å²) in [5.74, 6) is -2.57. The van der Waals surface area contributed by atoms with Crippen molar-refractivity contribution in [2.24, 2.45) is 0 Å². The van der Waals surface area contributed by atoms with Crippen LogP contribution in [0.2, 0.25) is 0 Å². The number of imide groups is 1. The molecule has 2 N–H and O–H groups in total. The number of hydrogen-bond acceptors (Lipinski definition) is 6. The number of anilines is 1. The molecule has 2 rings (SSSR count). The number of amides is 3. The maximum atomic E-state index is 13.4. The Kier molecular flexibility index (Phi) is 6.24. The largest absolute Gasteiger partial charge is 0.452 e. The monoisotopic (exact) mass is 394 g/mol. The molecule has 0 radical (unpaired) electrons. The Bertz CT molecular complexity index is 990. The number of hydrogen-bond donors (Lipinski definition) is 2. The molecule has 0 aliphatic heterocycles. The summed E-state index contributed by atoms with van der Waals surface area (Å²) in [6.45, 7) is -0.785. The quantitative estimate of drug-likeness (QED) is 0.746. The van der Waals surface area contributed by atoms with E-state index < -0.39 is 40.2 Å². The van der Waals surface area contributed by atoms with Crippen LogP contribution in [0.25, 0.3) is 0 Å². The normalized spacial score (nSPS) is 10.7. The second-order valence-corrected chi connectivity index (χ2v) is 7.37. The highest BCUT2D eigenvalue weighted by Crippen LogP contribution is 2.13. The molecule has 10 heteroatoms. The van der Waals surface area contributed by atoms with Gasteiger partial charge in [-0.05, 0) is 30.3 Å². The van der Waals surface area contributed by atoms with Gasteiger partial charge >= 0.3 is 12.0 Å². The molecule has 0 aliphatic rings. The SMILES string of the molecule is CS(=O)(=O)c1cccc(C(=O)OCC(=O)NC(=O)Nc2ccccc2F)c1. The maximum absolute atomic E-state index is 13.4. The predicted octanol–water partition coefficient (Wildman–Crippen LogP) is 1.73. The summed E-state index contributed by atoms with van der Waals surface area (Å²) in [6, 6.07) is 9.45. The lowest BCUT2D eigenvalue weighted by molar-refractivity contribution is -0.123. The van der Waals surface area contributed by atoms with Crippen LogP contribution in [-0.4, -0.2) is 39.2 Å². The van der Waals surface area contributed by atoms with E-state index in [1.54, 1.807) is 0 Å². The number of para-hydroxylation sites is 1. The van der Waals surface area contributed by atoms with Gasteiger partial charge in [-0.2, -0.15) is 0 Å². The zero-order valence-corrected chi connectivity index (χ0v) is 14.9. The van der Waals surface area contributed by atoms with Gasteiger partial charge in [-0.15, -0.1) is 0 Å². The molecule has 3 amide bonds. The molecule has 0 aliphatic carbocycles. The predicted molar refractivity (Wildman–Crippen MR) is 93.4 cm³/mol. The summed E-state index contributed by atoms with van der Waals surface area (Å²) < 4.78 is 41.1. The van der Waals surface area contributed by atoms with E-state index in [0.29, 0.717) is 0 Å². The molecule has 0 fully saturated rings. The van der Waals surface area contributed by atoms with Gasteiger partial charge in [0.1, 0.15) is 5.82 Å². The molecule has 2 aromatic carbocycles. The Morgan fingerprint density at radius 2 is 1.78 bits per heavy atom. The minimum Gasteiger partial charge on any atom is -0.452 e. The van der Waals surface area contributed by atoms with Gasteiger partial charge in [0.05, 0.1) is 16.1 Å². The number of rotatable bonds is 5. The van der Waals surface area contributed by atoms with Crippen LogP contribution >= 0.6 is 0 Å². The first kappa shape index (κ1) is 20.0. The molecule has 0 aromatic heterocycles. The Morgan fingerprint density at radius 1 is 1.07 bits per heavy atom. The minimum absolute atomic E-state index is 0.0680. The van der Waals surface area contributed by atoms with Gasteiger partial charge in [-0.25, -0.2) is 22.4 Å². The molecule has 0 saturated heterocycles. The summed E-state index contributed by atoms with van der Waals surface area (Å²) in [6.07, 6.45) is 0.985. The fraction of sp³-hybridized carbons (Fsp3) is 0.118. The number of ether oxygens (including phenoxy) is 1. The minimum atomic E-state index is -3.51. The zero-order chi connectivity index (χ0) is 20.0. The lowest BCUT2D eigenvalue weighted by Gasteiger charge is -2.08. The van der Waals surface area contributed by atoms with Crippen molar-refractivity contribution in [1.82, 2.24) is 5.32 Å². The van der Waals surface area contributed by atoms with E-state index in [0.717, 1.165) is 18.4 Å². The van der Waals surface area contributed by atoms with Crippen LogP contribution in [0.15, 0.2) is 53.4 Å². The van der Waals surface area contributed by atoms with E-state index in [-0.39, 0.29) is 16.1 Å². The number of benzene rings is 2. The van der Waals surface area contributed by atoms with Gasteiger partial charge in [0, 0.05) is 6.26 Å². The highest BCUT2D eigenvalue weighted by molar-refractivity contribution is 7.90. The lowest BCUT2D eigenvalue weighted by Crippen LogP contribution is -2.37. The van der Waals surface area contributed by atoms with Gasteiger partial charge in [0.25, 0.3) is 5.91 Å². The molecule has 2 aromatic rings. The molecule has 0 spiro atoms. The van der Waals surface area contributed by atoms with Crippen molar-refractivity contribution in [3.63, 3.8) is 0 Å². The van der Waals surface area contributed by atoms with Crippen molar-refractivity contribution in [2.45, 2.75) is 4.90 Å². The van der Waals surface area contributed by atoms with Gasteiger partial charge in [-0.1, -0.05) is 18.2 Å². The lowest BCUT2D eigenvalue weighted by atomic mass is 10.2. The van der Waals surface area contributed by atoms with Crippen LogP contribution < -0.4 is 10.6 Å². The van der Waals surface area contributed by atoms with Crippen LogP contribution in [0, 0.1) is 5.82 Å². The molecule has 0 heterocycles. The molecule has 142 valence electrons. The summed E-state index contributed by atoms with van der Waals surface area (Å²) in [7, 11) is -3.51. The average Bonchev–Trinajstić information content (AvgIpc) is 2.61. The summed E-state index contributed by atoms with van der Waals surface area (Å²) in [5, 5.41) is 4.00. The second-order valence-electron chi connectivity index (χ2n) is 5.36. The van der Waals surface area contributed by atoms with Crippen LogP contribution in [0.3, 0.4) is 0 Å². The molecule has 0 unspecified atom stereocenters. The van der Waals surface area contributed by atoms with Gasteiger partial charge in [0.15, 0.2) is 16.4 Å². The van der Waals surface area contributed by atoms with E-state index in [1.807, 2.05) is 5.32 Å². The van der Waals surface area contributed by atoms with Gasteiger partial charge < -0.3 is 10.1 Å². The fourth-order valence-corrected chi connectivity index (χ4v) is 2.61. The van der Waals surface area contributed by atoms with Crippen molar-refractivity contribution in [2.75, 3.05) is 18.2 Å². The zero-order valence-electron chi connectivity index (χ0n) is 14.1. The van der Waals surface area contributed by atoms with Gasteiger partial charge in [-0.3, -0.25) is 10.1 Å². The van der Waals surface area contributed by atoms with Crippen LogP contribution in [0.1, 0.15) is 10.4 Å². The molecule has 27 heavy (non-hydrogen) atoms. The molecular weight excluding hydrogens is 379 g/mol. The number of carbonyl (C=O) groups excluding carboxylic acids is 3. The number of carbonyl (C=O) groups is 3. The van der Waals surface area contributed by atoms with Crippen molar-refractivity contribution in [1.29, 1.82) is 0 Å².